The number of nitrogens with zero attached hydrogens (tertiary/aromatic N) is 3. The van der Waals surface area contributed by atoms with Crippen LogP contribution in [0.25, 0.3) is 0 Å². The molecule has 0 saturated heterocycles. The minimum Gasteiger partial charge on any atom is -0.489 e. The van der Waals surface area contributed by atoms with Gasteiger partial charge in [-0.2, -0.15) is 5.26 Å². The Bertz CT molecular complexity index is 698. The largest absolute Gasteiger partial charge is 0.489 e. The SMILES string of the molecule is N#Cc1ccc2c(c1)CCC(CNCCCNc1ncccn1)O2. The molecule has 0 bridgehead atoms. The Morgan fingerprint density at radius 2 is 2.12 bits per heavy atom. The van der Waals surface area contributed by atoms with Gasteiger partial charge >= 0.3 is 0 Å². The third-order valence-electron chi connectivity index (χ3n) is 3.97. The van der Waals surface area contributed by atoms with Gasteiger partial charge in [-0.3, -0.25) is 0 Å². The van der Waals surface area contributed by atoms with E-state index >= 15 is 0 Å². The second kappa shape index (κ2) is 8.27. The molecule has 0 spiro atoms. The molecule has 3 rings (SSSR count). The Hall–Kier alpha value is -2.65. The predicted molar refractivity (Wildman–Crippen MR) is 91.9 cm³/mol. The van der Waals surface area contributed by atoms with Gasteiger partial charge in [0.05, 0.1) is 11.6 Å². The highest BCUT2D eigenvalue weighted by Gasteiger charge is 2.19. The van der Waals surface area contributed by atoms with Crippen LogP contribution in [-0.2, 0) is 6.42 Å². The molecule has 2 N–H and O–H groups in total. The van der Waals surface area contributed by atoms with Crippen molar-refractivity contribution in [2.24, 2.45) is 0 Å². The molecule has 1 unspecified atom stereocenters. The van der Waals surface area contributed by atoms with Crippen molar-refractivity contribution >= 4 is 5.95 Å². The van der Waals surface area contributed by atoms with E-state index in [9.17, 15) is 0 Å². The normalized spacial score (nSPS) is 15.9. The van der Waals surface area contributed by atoms with Gasteiger partial charge in [0.15, 0.2) is 0 Å². The average molecular weight is 323 g/mol. The number of ether oxygens (including phenoxy) is 1. The van der Waals surface area contributed by atoms with Gasteiger partial charge in [0.1, 0.15) is 11.9 Å². The number of nitrogens with one attached hydrogen (secondary N) is 2. The van der Waals surface area contributed by atoms with Crippen LogP contribution in [0.5, 0.6) is 5.75 Å². The fraction of sp³-hybridized carbons (Fsp3) is 0.389. The molecule has 0 radical (unpaired) electrons. The first-order valence-electron chi connectivity index (χ1n) is 8.26. The van der Waals surface area contributed by atoms with Crippen LogP contribution in [0.15, 0.2) is 36.7 Å². The van der Waals surface area contributed by atoms with Crippen molar-refractivity contribution < 1.29 is 4.74 Å². The van der Waals surface area contributed by atoms with Gasteiger partial charge in [-0.1, -0.05) is 0 Å². The Morgan fingerprint density at radius 1 is 1.25 bits per heavy atom. The van der Waals surface area contributed by atoms with E-state index in [1.807, 2.05) is 18.2 Å². The molecule has 24 heavy (non-hydrogen) atoms. The maximum Gasteiger partial charge on any atom is 0.222 e. The number of rotatable bonds is 7. The van der Waals surface area contributed by atoms with Crippen molar-refractivity contribution in [3.05, 3.63) is 47.8 Å². The molecule has 124 valence electrons. The Kier molecular flexibility index (Phi) is 5.59. The van der Waals surface area contributed by atoms with Crippen molar-refractivity contribution in [3.8, 4) is 11.8 Å². The molecular formula is C18H21N5O. The molecule has 1 aromatic carbocycles. The number of benzene rings is 1. The van der Waals surface area contributed by atoms with Crippen LogP contribution in [0.2, 0.25) is 0 Å². The fourth-order valence-electron chi connectivity index (χ4n) is 2.73. The maximum absolute atomic E-state index is 8.94. The number of aromatic nitrogens is 2. The lowest BCUT2D eigenvalue weighted by molar-refractivity contribution is 0.171. The van der Waals surface area contributed by atoms with Crippen LogP contribution < -0.4 is 15.4 Å². The third-order valence-corrected chi connectivity index (χ3v) is 3.97. The van der Waals surface area contributed by atoms with E-state index < -0.39 is 0 Å². The Morgan fingerprint density at radius 3 is 2.96 bits per heavy atom. The first-order chi connectivity index (χ1) is 11.8. The lowest BCUT2D eigenvalue weighted by Crippen LogP contribution is -2.35. The van der Waals surface area contributed by atoms with Gasteiger partial charge in [-0.25, -0.2) is 9.97 Å². The Labute approximate surface area is 141 Å². The number of fused-ring (bicyclic) bond motifs is 1. The molecule has 0 aliphatic carbocycles. The van der Waals surface area contributed by atoms with Gasteiger partial charge in [0.25, 0.3) is 0 Å². The van der Waals surface area contributed by atoms with Crippen molar-refractivity contribution in [3.63, 3.8) is 0 Å². The summed E-state index contributed by atoms with van der Waals surface area (Å²) in [6, 6.07) is 9.62. The molecule has 1 aromatic heterocycles. The standard InChI is InChI=1S/C18H21N5O/c19-12-14-3-6-17-15(11-14)4-5-16(24-17)13-20-7-1-8-21-18-22-9-2-10-23-18/h2-3,6,9-11,16,20H,1,4-5,7-8,13H2,(H,21,22,23). The van der Waals surface area contributed by atoms with Crippen LogP contribution >= 0.6 is 0 Å². The maximum atomic E-state index is 8.94. The van der Waals surface area contributed by atoms with E-state index in [0.29, 0.717) is 11.5 Å². The van der Waals surface area contributed by atoms with Crippen molar-refractivity contribution in [2.45, 2.75) is 25.4 Å². The zero-order valence-corrected chi connectivity index (χ0v) is 13.5. The van der Waals surface area contributed by atoms with Crippen LogP contribution in [0.3, 0.4) is 0 Å². The zero-order valence-electron chi connectivity index (χ0n) is 13.5. The highest BCUT2D eigenvalue weighted by molar-refractivity contribution is 5.43. The molecule has 2 heterocycles. The van der Waals surface area contributed by atoms with E-state index in [4.69, 9.17) is 10.00 Å². The zero-order chi connectivity index (χ0) is 16.6. The summed E-state index contributed by atoms with van der Waals surface area (Å²) >= 11 is 0. The minimum absolute atomic E-state index is 0.191. The Balaban J connectivity index is 1.34. The molecule has 0 saturated carbocycles. The van der Waals surface area contributed by atoms with Crippen molar-refractivity contribution in [1.29, 1.82) is 5.26 Å². The molecule has 6 nitrogen and oxygen atoms in total. The first kappa shape index (κ1) is 16.2. The number of hydrogen-bond acceptors (Lipinski definition) is 6. The van der Waals surface area contributed by atoms with E-state index in [2.05, 4.69) is 26.7 Å². The molecule has 1 atom stereocenters. The molecular weight excluding hydrogens is 302 g/mol. The number of anilines is 1. The van der Waals surface area contributed by atoms with Crippen molar-refractivity contribution in [2.75, 3.05) is 25.0 Å². The lowest BCUT2D eigenvalue weighted by atomic mass is 10.0. The molecule has 0 fully saturated rings. The first-order valence-corrected chi connectivity index (χ1v) is 8.26. The predicted octanol–water partition coefficient (Wildman–Crippen LogP) is 2.13. The van der Waals surface area contributed by atoms with E-state index in [0.717, 1.165) is 50.2 Å². The highest BCUT2D eigenvalue weighted by atomic mass is 16.5. The van der Waals surface area contributed by atoms with Crippen LogP contribution in [0.1, 0.15) is 24.0 Å². The second-order valence-corrected chi connectivity index (χ2v) is 5.77. The van der Waals surface area contributed by atoms with Gasteiger partial charge in [-0.05, 0) is 55.6 Å². The van der Waals surface area contributed by atoms with E-state index in [1.165, 1.54) is 0 Å². The molecule has 0 amide bonds. The lowest BCUT2D eigenvalue weighted by Gasteiger charge is -2.26. The number of hydrogen-bond donors (Lipinski definition) is 2. The summed E-state index contributed by atoms with van der Waals surface area (Å²) in [7, 11) is 0. The minimum atomic E-state index is 0.191. The van der Waals surface area contributed by atoms with Gasteiger partial charge < -0.3 is 15.4 Å². The molecule has 1 aliphatic heterocycles. The van der Waals surface area contributed by atoms with Gasteiger partial charge in [0.2, 0.25) is 5.95 Å². The summed E-state index contributed by atoms with van der Waals surface area (Å²) in [5, 5.41) is 15.6. The van der Waals surface area contributed by atoms with E-state index in [-0.39, 0.29) is 6.10 Å². The molecule has 1 aliphatic rings. The summed E-state index contributed by atoms with van der Waals surface area (Å²) < 4.78 is 6.00. The number of aryl methyl sites for hydroxylation is 1. The quantitative estimate of drug-likeness (QED) is 0.760. The number of nitriles is 1. The third kappa shape index (κ3) is 4.43. The summed E-state index contributed by atoms with van der Waals surface area (Å²) in [6.45, 7) is 2.59. The highest BCUT2D eigenvalue weighted by Crippen LogP contribution is 2.28. The summed E-state index contributed by atoms with van der Waals surface area (Å²) in [5.74, 6) is 1.58. The van der Waals surface area contributed by atoms with E-state index in [1.54, 1.807) is 18.5 Å². The summed E-state index contributed by atoms with van der Waals surface area (Å²) in [6.07, 6.45) is 6.58. The van der Waals surface area contributed by atoms with Gasteiger partial charge in [0, 0.05) is 25.5 Å². The van der Waals surface area contributed by atoms with Crippen LogP contribution in [0, 0.1) is 11.3 Å². The molecule has 6 heteroatoms. The smallest absolute Gasteiger partial charge is 0.222 e. The van der Waals surface area contributed by atoms with Crippen LogP contribution in [0.4, 0.5) is 5.95 Å². The second-order valence-electron chi connectivity index (χ2n) is 5.77. The van der Waals surface area contributed by atoms with Gasteiger partial charge in [-0.15, -0.1) is 0 Å². The average Bonchev–Trinajstić information content (AvgIpc) is 2.65. The monoisotopic (exact) mass is 323 g/mol. The van der Waals surface area contributed by atoms with Crippen LogP contribution in [-0.4, -0.2) is 35.7 Å². The molecule has 2 aromatic rings. The topological polar surface area (TPSA) is 82.9 Å². The summed E-state index contributed by atoms with van der Waals surface area (Å²) in [5.41, 5.74) is 1.83. The fourth-order valence-corrected chi connectivity index (χ4v) is 2.73. The summed E-state index contributed by atoms with van der Waals surface area (Å²) in [4.78, 5) is 8.24. The van der Waals surface area contributed by atoms with Crippen molar-refractivity contribution in [1.82, 2.24) is 15.3 Å².